The molecule has 2 N–H and O–H groups in total. The number of nitrogens with one attached hydrogen (secondary N) is 1. The Balaban J connectivity index is 0.00000147. The van der Waals surface area contributed by atoms with Crippen LogP contribution < -0.4 is 5.32 Å². The number of aryl methyl sites for hydroxylation is 1. The van der Waals surface area contributed by atoms with Gasteiger partial charge in [-0.15, -0.1) is 12.4 Å². The topological polar surface area (TPSA) is 70.4 Å². The second-order valence-electron chi connectivity index (χ2n) is 4.98. The van der Waals surface area contributed by atoms with E-state index in [2.05, 4.69) is 10.4 Å². The molecule has 0 saturated heterocycles. The van der Waals surface area contributed by atoms with Crippen molar-refractivity contribution in [2.75, 3.05) is 13.1 Å². The first kappa shape index (κ1) is 15.0. The molecule has 110 valence electrons. The van der Waals surface area contributed by atoms with Gasteiger partial charge in [-0.25, -0.2) is 0 Å². The van der Waals surface area contributed by atoms with Gasteiger partial charge in [0.2, 0.25) is 5.91 Å². The van der Waals surface area contributed by atoms with Crippen molar-refractivity contribution in [3.63, 3.8) is 0 Å². The van der Waals surface area contributed by atoms with Crippen LogP contribution in [0.3, 0.4) is 0 Å². The minimum absolute atomic E-state index is 0. The predicted octanol–water partition coefficient (Wildman–Crippen LogP) is -0.253. The van der Waals surface area contributed by atoms with Crippen LogP contribution in [0.25, 0.3) is 0 Å². The highest BCUT2D eigenvalue weighted by Gasteiger charge is 2.29. The van der Waals surface area contributed by atoms with E-state index >= 15 is 0 Å². The van der Waals surface area contributed by atoms with Crippen LogP contribution in [0.1, 0.15) is 17.0 Å². The normalized spacial score (nSPS) is 20.7. The van der Waals surface area contributed by atoms with Gasteiger partial charge in [-0.05, 0) is 0 Å². The number of halogens is 1. The molecule has 20 heavy (non-hydrogen) atoms. The van der Waals surface area contributed by atoms with Crippen molar-refractivity contribution in [3.05, 3.63) is 29.1 Å². The van der Waals surface area contributed by atoms with Gasteiger partial charge in [-0.3, -0.25) is 14.8 Å². The smallest absolute Gasteiger partial charge is 0.244 e. The number of carbonyl (C=O) groups excluding carboxylic acids is 1. The van der Waals surface area contributed by atoms with Gasteiger partial charge in [0.1, 0.15) is 6.04 Å². The molecule has 0 saturated carbocycles. The Morgan fingerprint density at radius 1 is 1.60 bits per heavy atom. The lowest BCUT2D eigenvalue weighted by Crippen LogP contribution is -2.45. The second-order valence-corrected chi connectivity index (χ2v) is 4.98. The zero-order chi connectivity index (χ0) is 13.4. The molecule has 0 spiro atoms. The average Bonchev–Trinajstić information content (AvgIpc) is 3.06. The zero-order valence-corrected chi connectivity index (χ0v) is 12.2. The van der Waals surface area contributed by atoms with Crippen molar-refractivity contribution >= 4 is 18.3 Å². The maximum atomic E-state index is 12.3. The Bertz CT molecular complexity index is 541. The first-order chi connectivity index (χ1) is 9.20. The van der Waals surface area contributed by atoms with E-state index in [0.717, 1.165) is 24.2 Å². The van der Waals surface area contributed by atoms with E-state index in [0.29, 0.717) is 18.8 Å². The van der Waals surface area contributed by atoms with Gasteiger partial charge >= 0.3 is 0 Å². The number of aliphatic hydroxyl groups is 1. The molecule has 7 heteroatoms. The van der Waals surface area contributed by atoms with Crippen LogP contribution in [0, 0.1) is 0 Å². The van der Waals surface area contributed by atoms with Crippen molar-refractivity contribution in [1.29, 1.82) is 0 Å². The fraction of sp³-hybridized carbons (Fsp3) is 0.538. The van der Waals surface area contributed by atoms with E-state index in [9.17, 15) is 9.90 Å². The minimum Gasteiger partial charge on any atom is -0.390 e. The van der Waals surface area contributed by atoms with E-state index in [4.69, 9.17) is 0 Å². The zero-order valence-electron chi connectivity index (χ0n) is 11.4. The number of amides is 1. The number of fused-ring (bicyclic) bond motifs is 1. The molecule has 1 amide bonds. The summed E-state index contributed by atoms with van der Waals surface area (Å²) >= 11 is 0. The van der Waals surface area contributed by atoms with E-state index in [1.54, 1.807) is 0 Å². The standard InChI is InChI=1S/C13H18N4O2.ClH/c1-16-12-4-6-17(7-9(12)11(8-18)15-16)13(19)10-3-2-5-14-10;/h2-3,10,14,18H,4-8H2,1H3;1H. The number of carbonyl (C=O) groups is 1. The van der Waals surface area contributed by atoms with E-state index in [-0.39, 0.29) is 31.0 Å². The highest BCUT2D eigenvalue weighted by atomic mass is 35.5. The lowest BCUT2D eigenvalue weighted by molar-refractivity contribution is -0.133. The van der Waals surface area contributed by atoms with Crippen molar-refractivity contribution in [2.45, 2.75) is 25.6 Å². The molecule has 0 aliphatic carbocycles. The van der Waals surface area contributed by atoms with Crippen molar-refractivity contribution in [1.82, 2.24) is 20.0 Å². The fourth-order valence-corrected chi connectivity index (χ4v) is 2.82. The maximum absolute atomic E-state index is 12.3. The molecule has 1 aromatic heterocycles. The summed E-state index contributed by atoms with van der Waals surface area (Å²) in [5.74, 6) is 0.104. The number of nitrogens with zero attached hydrogens (tertiary/aromatic N) is 3. The molecule has 2 aliphatic heterocycles. The summed E-state index contributed by atoms with van der Waals surface area (Å²) in [6.07, 6.45) is 4.68. The van der Waals surface area contributed by atoms with Gasteiger partial charge < -0.3 is 10.0 Å². The molecule has 0 aromatic carbocycles. The lowest BCUT2D eigenvalue weighted by Gasteiger charge is -2.29. The molecule has 0 fully saturated rings. The third-order valence-electron chi connectivity index (χ3n) is 3.84. The van der Waals surface area contributed by atoms with Crippen molar-refractivity contribution in [3.8, 4) is 0 Å². The summed E-state index contributed by atoms with van der Waals surface area (Å²) < 4.78 is 1.82. The molecule has 1 aromatic rings. The largest absolute Gasteiger partial charge is 0.390 e. The fourth-order valence-electron chi connectivity index (χ4n) is 2.82. The third kappa shape index (κ3) is 2.46. The summed E-state index contributed by atoms with van der Waals surface area (Å²) in [4.78, 5) is 14.2. The van der Waals surface area contributed by atoms with Gasteiger partial charge in [0, 0.05) is 44.4 Å². The van der Waals surface area contributed by atoms with Crippen molar-refractivity contribution < 1.29 is 9.90 Å². The molecular weight excluding hydrogens is 280 g/mol. The summed E-state index contributed by atoms with van der Waals surface area (Å²) in [7, 11) is 1.89. The predicted molar refractivity (Wildman–Crippen MR) is 76.4 cm³/mol. The second kappa shape index (κ2) is 5.95. The number of aromatic nitrogens is 2. The van der Waals surface area contributed by atoms with E-state index in [1.165, 1.54) is 0 Å². The average molecular weight is 299 g/mol. The highest BCUT2D eigenvalue weighted by Crippen LogP contribution is 2.23. The Kier molecular flexibility index (Phi) is 4.47. The Morgan fingerprint density at radius 2 is 2.40 bits per heavy atom. The van der Waals surface area contributed by atoms with Gasteiger partial charge in [-0.1, -0.05) is 12.2 Å². The van der Waals surface area contributed by atoms with Gasteiger partial charge in [0.15, 0.2) is 0 Å². The van der Waals surface area contributed by atoms with Gasteiger partial charge in [0.25, 0.3) is 0 Å². The number of aliphatic hydroxyl groups excluding tert-OH is 1. The summed E-state index contributed by atoms with van der Waals surface area (Å²) in [5, 5.41) is 16.8. The van der Waals surface area contributed by atoms with Crippen LogP contribution >= 0.6 is 12.4 Å². The molecule has 0 bridgehead atoms. The molecule has 6 nitrogen and oxygen atoms in total. The van der Waals surface area contributed by atoms with Crippen LogP contribution in [0.2, 0.25) is 0 Å². The Hall–Kier alpha value is -1.37. The molecule has 2 aliphatic rings. The first-order valence-corrected chi connectivity index (χ1v) is 6.54. The third-order valence-corrected chi connectivity index (χ3v) is 3.84. The molecular formula is C13H19ClN4O2. The van der Waals surface area contributed by atoms with Crippen LogP contribution in [0.4, 0.5) is 0 Å². The maximum Gasteiger partial charge on any atom is 0.244 e. The van der Waals surface area contributed by atoms with E-state index < -0.39 is 0 Å². The Labute approximate surface area is 123 Å². The SMILES string of the molecule is Cl.Cn1nc(CO)c2c1CCN(C(=O)C1C=CCN1)C2. The van der Waals surface area contributed by atoms with Gasteiger partial charge in [-0.2, -0.15) is 5.10 Å². The van der Waals surface area contributed by atoms with Crippen LogP contribution in [-0.2, 0) is 31.4 Å². The Morgan fingerprint density at radius 3 is 3.05 bits per heavy atom. The van der Waals surface area contributed by atoms with E-state index in [1.807, 2.05) is 28.8 Å². The lowest BCUT2D eigenvalue weighted by atomic mass is 10.0. The number of hydrogen-bond acceptors (Lipinski definition) is 4. The quantitative estimate of drug-likeness (QED) is 0.739. The first-order valence-electron chi connectivity index (χ1n) is 6.54. The monoisotopic (exact) mass is 298 g/mol. The van der Waals surface area contributed by atoms with Crippen LogP contribution in [-0.4, -0.2) is 44.8 Å². The molecule has 3 rings (SSSR count). The van der Waals surface area contributed by atoms with Crippen LogP contribution in [0.15, 0.2) is 12.2 Å². The van der Waals surface area contributed by atoms with Gasteiger partial charge in [0.05, 0.1) is 12.3 Å². The molecule has 3 heterocycles. The summed E-state index contributed by atoms with van der Waals surface area (Å²) in [6.45, 7) is 1.93. The molecule has 1 atom stereocenters. The summed E-state index contributed by atoms with van der Waals surface area (Å²) in [6, 6.07) is -0.198. The van der Waals surface area contributed by atoms with Crippen molar-refractivity contribution in [2.24, 2.45) is 7.05 Å². The van der Waals surface area contributed by atoms with Crippen LogP contribution in [0.5, 0.6) is 0 Å². The molecule has 0 radical (unpaired) electrons. The molecule has 1 unspecified atom stereocenters. The highest BCUT2D eigenvalue weighted by molar-refractivity contribution is 5.85. The summed E-state index contributed by atoms with van der Waals surface area (Å²) in [5.41, 5.74) is 2.82. The number of hydrogen-bond donors (Lipinski definition) is 2. The minimum atomic E-state index is -0.198. The number of rotatable bonds is 2.